The summed E-state index contributed by atoms with van der Waals surface area (Å²) in [6, 6.07) is 5.66. The number of carbonyl (C=O) groups excluding carboxylic acids is 1. The number of carbonyl (C=O) groups is 1. The number of fused-ring (bicyclic) bond motifs is 1. The molecule has 1 aromatic rings. The molecule has 0 aliphatic carbocycles. The van der Waals surface area contributed by atoms with Gasteiger partial charge in [-0.2, -0.15) is 11.8 Å². The summed E-state index contributed by atoms with van der Waals surface area (Å²) in [6.07, 6.45) is 2.41. The lowest BCUT2D eigenvalue weighted by Gasteiger charge is -2.24. The maximum Gasteiger partial charge on any atom is 0.255 e. The van der Waals surface area contributed by atoms with E-state index in [9.17, 15) is 4.79 Å². The number of para-hydroxylation sites is 1. The topological polar surface area (TPSA) is 50.4 Å². The van der Waals surface area contributed by atoms with Crippen molar-refractivity contribution in [3.8, 4) is 5.75 Å². The Morgan fingerprint density at radius 2 is 2.45 bits per heavy atom. The number of ether oxygens (including phenoxy) is 1. The lowest BCUT2D eigenvalue weighted by molar-refractivity contribution is 0.0946. The van der Waals surface area contributed by atoms with Crippen molar-refractivity contribution in [2.24, 2.45) is 0 Å². The van der Waals surface area contributed by atoms with Crippen LogP contribution in [0, 0.1) is 0 Å². The molecule has 1 amide bonds. The van der Waals surface area contributed by atoms with Crippen LogP contribution in [0.5, 0.6) is 5.75 Å². The van der Waals surface area contributed by atoms with Gasteiger partial charge in [0.1, 0.15) is 6.61 Å². The molecule has 2 heterocycles. The van der Waals surface area contributed by atoms with Gasteiger partial charge < -0.3 is 15.4 Å². The Morgan fingerprint density at radius 3 is 3.25 bits per heavy atom. The van der Waals surface area contributed by atoms with Crippen molar-refractivity contribution < 1.29 is 9.53 Å². The number of hydrogen-bond acceptors (Lipinski definition) is 4. The molecule has 0 spiro atoms. The van der Waals surface area contributed by atoms with Crippen molar-refractivity contribution in [1.82, 2.24) is 5.32 Å². The van der Waals surface area contributed by atoms with Crippen molar-refractivity contribution in [3.05, 3.63) is 23.8 Å². The van der Waals surface area contributed by atoms with Crippen LogP contribution in [-0.4, -0.2) is 36.1 Å². The molecule has 20 heavy (non-hydrogen) atoms. The fraction of sp³-hybridized carbons (Fsp3) is 0.533. The Bertz CT molecular complexity index is 513. The van der Waals surface area contributed by atoms with Gasteiger partial charge in [-0.25, -0.2) is 0 Å². The smallest absolute Gasteiger partial charge is 0.255 e. The predicted molar refractivity (Wildman–Crippen MR) is 82.9 cm³/mol. The van der Waals surface area contributed by atoms with Gasteiger partial charge in [0.25, 0.3) is 5.91 Å². The van der Waals surface area contributed by atoms with E-state index in [0.29, 0.717) is 24.5 Å². The number of thioether (sulfide) groups is 1. The van der Waals surface area contributed by atoms with E-state index in [1.165, 1.54) is 18.6 Å². The second kappa shape index (κ2) is 5.56. The van der Waals surface area contributed by atoms with Crippen LogP contribution in [0.3, 0.4) is 0 Å². The largest absolute Gasteiger partial charge is 0.489 e. The second-order valence-corrected chi connectivity index (χ2v) is 7.22. The van der Waals surface area contributed by atoms with Crippen molar-refractivity contribution in [2.45, 2.75) is 24.5 Å². The SMILES string of the molecule is CC1(CNC(=O)c2cccc3c2OCCN3)CCCS1. The molecule has 0 bridgehead atoms. The van der Waals surface area contributed by atoms with Gasteiger partial charge >= 0.3 is 0 Å². The molecule has 108 valence electrons. The van der Waals surface area contributed by atoms with Crippen LogP contribution < -0.4 is 15.4 Å². The monoisotopic (exact) mass is 292 g/mol. The standard InChI is InChI=1S/C15H20N2O2S/c1-15(6-3-9-20-15)10-17-14(18)11-4-2-5-12-13(11)19-8-7-16-12/h2,4-5,16H,3,6-10H2,1H3,(H,17,18). The Hall–Kier alpha value is -1.36. The number of nitrogens with one attached hydrogen (secondary N) is 2. The van der Waals surface area contributed by atoms with Gasteiger partial charge in [0, 0.05) is 17.8 Å². The number of amides is 1. The van der Waals surface area contributed by atoms with E-state index in [2.05, 4.69) is 17.6 Å². The minimum atomic E-state index is -0.0423. The molecule has 1 aromatic carbocycles. The Morgan fingerprint density at radius 1 is 1.55 bits per heavy atom. The van der Waals surface area contributed by atoms with Crippen molar-refractivity contribution in [3.63, 3.8) is 0 Å². The molecule has 1 fully saturated rings. The zero-order valence-electron chi connectivity index (χ0n) is 11.7. The minimum absolute atomic E-state index is 0.0423. The highest BCUT2D eigenvalue weighted by Crippen LogP contribution is 2.37. The molecule has 1 atom stereocenters. The van der Waals surface area contributed by atoms with Crippen molar-refractivity contribution >= 4 is 23.4 Å². The zero-order chi connectivity index (χ0) is 14.0. The summed E-state index contributed by atoms with van der Waals surface area (Å²) in [5.74, 6) is 1.83. The summed E-state index contributed by atoms with van der Waals surface area (Å²) < 4.78 is 5.83. The zero-order valence-corrected chi connectivity index (χ0v) is 12.5. The third kappa shape index (κ3) is 2.73. The highest BCUT2D eigenvalue weighted by Gasteiger charge is 2.30. The summed E-state index contributed by atoms with van der Waals surface area (Å²) >= 11 is 1.95. The predicted octanol–water partition coefficient (Wildman–Crippen LogP) is 2.51. The molecule has 0 aromatic heterocycles. The molecule has 3 rings (SSSR count). The molecule has 2 aliphatic heterocycles. The summed E-state index contributed by atoms with van der Waals surface area (Å²) in [4.78, 5) is 12.4. The van der Waals surface area contributed by atoms with Crippen molar-refractivity contribution in [2.75, 3.05) is 30.8 Å². The molecule has 2 aliphatic rings. The average molecular weight is 292 g/mol. The van der Waals surface area contributed by atoms with Crippen LogP contribution in [0.15, 0.2) is 18.2 Å². The highest BCUT2D eigenvalue weighted by molar-refractivity contribution is 8.00. The van der Waals surface area contributed by atoms with Gasteiger partial charge in [0.05, 0.1) is 11.3 Å². The Balaban J connectivity index is 1.71. The Kier molecular flexibility index (Phi) is 3.78. The van der Waals surface area contributed by atoms with E-state index in [0.717, 1.165) is 12.2 Å². The quantitative estimate of drug-likeness (QED) is 0.899. The first-order chi connectivity index (χ1) is 9.68. The van der Waals surface area contributed by atoms with Crippen molar-refractivity contribution in [1.29, 1.82) is 0 Å². The average Bonchev–Trinajstić information content (AvgIpc) is 2.91. The van der Waals surface area contributed by atoms with Gasteiger partial charge in [-0.05, 0) is 37.7 Å². The molecular weight excluding hydrogens is 272 g/mol. The lowest BCUT2D eigenvalue weighted by atomic mass is 10.1. The van der Waals surface area contributed by atoms with Crippen LogP contribution in [0.1, 0.15) is 30.1 Å². The van der Waals surface area contributed by atoms with E-state index in [1.807, 2.05) is 30.0 Å². The molecule has 2 N–H and O–H groups in total. The summed E-state index contributed by atoms with van der Waals surface area (Å²) in [5.41, 5.74) is 1.53. The fourth-order valence-electron chi connectivity index (χ4n) is 2.69. The Labute approximate surface area is 123 Å². The first-order valence-electron chi connectivity index (χ1n) is 7.10. The summed E-state index contributed by atoms with van der Waals surface area (Å²) in [7, 11) is 0. The number of anilines is 1. The molecule has 1 unspecified atom stereocenters. The minimum Gasteiger partial charge on any atom is -0.489 e. The van der Waals surface area contributed by atoms with E-state index in [-0.39, 0.29) is 10.7 Å². The first-order valence-corrected chi connectivity index (χ1v) is 8.08. The molecule has 0 saturated carbocycles. The summed E-state index contributed by atoms with van der Waals surface area (Å²) in [5, 5.41) is 6.32. The normalized spacial score (nSPS) is 24.4. The van der Waals surface area contributed by atoms with E-state index in [1.54, 1.807) is 0 Å². The number of rotatable bonds is 3. The molecule has 5 heteroatoms. The van der Waals surface area contributed by atoms with Crippen LogP contribution in [0.4, 0.5) is 5.69 Å². The van der Waals surface area contributed by atoms with Gasteiger partial charge in [-0.15, -0.1) is 0 Å². The molecular formula is C15H20N2O2S. The molecule has 4 nitrogen and oxygen atoms in total. The lowest BCUT2D eigenvalue weighted by Crippen LogP contribution is -2.37. The number of hydrogen-bond donors (Lipinski definition) is 2. The van der Waals surface area contributed by atoms with Gasteiger partial charge in [0.15, 0.2) is 5.75 Å². The van der Waals surface area contributed by atoms with Gasteiger partial charge in [0.2, 0.25) is 0 Å². The molecule has 1 saturated heterocycles. The van der Waals surface area contributed by atoms with E-state index in [4.69, 9.17) is 4.74 Å². The highest BCUT2D eigenvalue weighted by atomic mass is 32.2. The van der Waals surface area contributed by atoms with Crippen LogP contribution >= 0.6 is 11.8 Å². The van der Waals surface area contributed by atoms with Crippen LogP contribution in [0.25, 0.3) is 0 Å². The maximum absolute atomic E-state index is 12.4. The summed E-state index contributed by atoms with van der Waals surface area (Å²) in [6.45, 7) is 4.33. The second-order valence-electron chi connectivity index (χ2n) is 5.54. The van der Waals surface area contributed by atoms with E-state index < -0.39 is 0 Å². The third-order valence-electron chi connectivity index (χ3n) is 3.85. The van der Waals surface area contributed by atoms with Gasteiger partial charge in [-0.3, -0.25) is 4.79 Å². The van der Waals surface area contributed by atoms with E-state index >= 15 is 0 Å². The first kappa shape index (κ1) is 13.6. The fourth-order valence-corrected chi connectivity index (χ4v) is 3.93. The molecule has 0 radical (unpaired) electrons. The van der Waals surface area contributed by atoms with Crippen LogP contribution in [0.2, 0.25) is 0 Å². The van der Waals surface area contributed by atoms with Gasteiger partial charge in [-0.1, -0.05) is 6.07 Å². The maximum atomic E-state index is 12.4. The number of benzene rings is 1. The third-order valence-corrected chi connectivity index (χ3v) is 5.39. The van der Waals surface area contributed by atoms with Crippen LogP contribution in [-0.2, 0) is 0 Å².